The van der Waals surface area contributed by atoms with Gasteiger partial charge in [0.25, 0.3) is 0 Å². The van der Waals surface area contributed by atoms with E-state index in [4.69, 9.17) is 0 Å². The number of hydrogen-bond acceptors (Lipinski definition) is 0. The fourth-order valence-corrected chi connectivity index (χ4v) is 0.181. The van der Waals surface area contributed by atoms with Crippen LogP contribution in [0.15, 0.2) is 24.6 Å². The Hall–Kier alpha value is -0.590. The SMILES string of the molecule is C=C(F)C=CC. The van der Waals surface area contributed by atoms with Crippen molar-refractivity contribution in [3.05, 3.63) is 24.6 Å². The zero-order valence-corrected chi connectivity index (χ0v) is 3.74. The van der Waals surface area contributed by atoms with Crippen LogP contribution < -0.4 is 0 Å². The molecule has 34 valence electrons. The minimum Gasteiger partial charge on any atom is -0.208 e. The molecule has 0 bridgehead atoms. The van der Waals surface area contributed by atoms with E-state index in [9.17, 15) is 4.39 Å². The molecule has 0 aromatic rings. The van der Waals surface area contributed by atoms with Crippen LogP contribution in [0.3, 0.4) is 0 Å². The van der Waals surface area contributed by atoms with E-state index in [0.717, 1.165) is 0 Å². The highest BCUT2D eigenvalue weighted by Crippen LogP contribution is 1.89. The molecule has 0 spiro atoms. The first-order valence-corrected chi connectivity index (χ1v) is 1.74. The monoisotopic (exact) mass is 86.1 g/mol. The molecule has 0 aliphatic carbocycles. The van der Waals surface area contributed by atoms with Crippen molar-refractivity contribution in [2.45, 2.75) is 6.92 Å². The van der Waals surface area contributed by atoms with Crippen LogP contribution >= 0.6 is 0 Å². The average Bonchev–Trinajstić information content (AvgIpc) is 1.35. The van der Waals surface area contributed by atoms with Gasteiger partial charge in [0.1, 0.15) is 5.83 Å². The maximum Gasteiger partial charge on any atom is 0.115 e. The summed E-state index contributed by atoms with van der Waals surface area (Å²) in [5.41, 5.74) is 0. The first kappa shape index (κ1) is 5.41. The molecule has 0 aromatic carbocycles. The Labute approximate surface area is 37.0 Å². The third-order valence-electron chi connectivity index (χ3n) is 0.348. The third kappa shape index (κ3) is 3.41. The molecule has 0 N–H and O–H groups in total. The smallest absolute Gasteiger partial charge is 0.115 e. The largest absolute Gasteiger partial charge is 0.208 e. The van der Waals surface area contributed by atoms with E-state index < -0.39 is 5.83 Å². The maximum absolute atomic E-state index is 11.4. The molecule has 0 saturated carbocycles. The van der Waals surface area contributed by atoms with Crippen molar-refractivity contribution < 1.29 is 4.39 Å². The summed E-state index contributed by atoms with van der Waals surface area (Å²) in [5.74, 6) is -0.391. The summed E-state index contributed by atoms with van der Waals surface area (Å²) in [7, 11) is 0. The van der Waals surface area contributed by atoms with Gasteiger partial charge in [-0.2, -0.15) is 0 Å². The Morgan fingerprint density at radius 2 is 2.33 bits per heavy atom. The lowest BCUT2D eigenvalue weighted by molar-refractivity contribution is 0.671. The molecular formula is C5H7F. The first-order valence-electron chi connectivity index (χ1n) is 1.74. The van der Waals surface area contributed by atoms with Crippen LogP contribution in [-0.2, 0) is 0 Å². The molecule has 0 rings (SSSR count). The summed E-state index contributed by atoms with van der Waals surface area (Å²) < 4.78 is 11.4. The van der Waals surface area contributed by atoms with Crippen LogP contribution in [0.4, 0.5) is 4.39 Å². The number of hydrogen-bond donors (Lipinski definition) is 0. The van der Waals surface area contributed by atoms with E-state index in [1.54, 1.807) is 13.0 Å². The normalized spacial score (nSPS) is 9.67. The summed E-state index contributed by atoms with van der Waals surface area (Å²) in [4.78, 5) is 0. The van der Waals surface area contributed by atoms with Gasteiger partial charge in [-0.05, 0) is 13.0 Å². The molecule has 0 saturated heterocycles. The highest BCUT2D eigenvalue weighted by atomic mass is 19.1. The van der Waals surface area contributed by atoms with Crippen LogP contribution in [0.25, 0.3) is 0 Å². The van der Waals surface area contributed by atoms with Gasteiger partial charge < -0.3 is 0 Å². The number of halogens is 1. The van der Waals surface area contributed by atoms with Crippen molar-refractivity contribution in [2.24, 2.45) is 0 Å². The number of rotatable bonds is 1. The van der Waals surface area contributed by atoms with Crippen molar-refractivity contribution in [2.75, 3.05) is 0 Å². The van der Waals surface area contributed by atoms with Crippen LogP contribution in [0, 0.1) is 0 Å². The topological polar surface area (TPSA) is 0 Å². The molecule has 0 radical (unpaired) electrons. The molecular weight excluding hydrogens is 79.1 g/mol. The molecule has 0 heterocycles. The predicted molar refractivity (Wildman–Crippen MR) is 25.1 cm³/mol. The Kier molecular flexibility index (Phi) is 2.38. The van der Waals surface area contributed by atoms with Crippen molar-refractivity contribution in [3.63, 3.8) is 0 Å². The minimum absolute atomic E-state index is 0.391. The van der Waals surface area contributed by atoms with Crippen LogP contribution in [-0.4, -0.2) is 0 Å². The molecule has 0 atom stereocenters. The van der Waals surface area contributed by atoms with Gasteiger partial charge >= 0.3 is 0 Å². The Morgan fingerprint density at radius 3 is 2.33 bits per heavy atom. The minimum atomic E-state index is -0.391. The van der Waals surface area contributed by atoms with Gasteiger partial charge in [-0.25, -0.2) is 4.39 Å². The summed E-state index contributed by atoms with van der Waals surface area (Å²) in [5, 5.41) is 0. The lowest BCUT2D eigenvalue weighted by atomic mass is 10.5. The van der Waals surface area contributed by atoms with Gasteiger partial charge in [-0.15, -0.1) is 0 Å². The summed E-state index contributed by atoms with van der Waals surface area (Å²) in [6, 6.07) is 0. The summed E-state index contributed by atoms with van der Waals surface area (Å²) >= 11 is 0. The zero-order valence-electron chi connectivity index (χ0n) is 3.74. The van der Waals surface area contributed by atoms with Crippen molar-refractivity contribution in [1.29, 1.82) is 0 Å². The molecule has 6 heavy (non-hydrogen) atoms. The predicted octanol–water partition coefficient (Wildman–Crippen LogP) is 2.05. The van der Waals surface area contributed by atoms with Gasteiger partial charge in [-0.1, -0.05) is 12.7 Å². The standard InChI is InChI=1S/C5H7F/c1-3-4-5(2)6/h3-4H,2H2,1H3. The molecule has 0 aliphatic rings. The van der Waals surface area contributed by atoms with E-state index in [0.29, 0.717) is 0 Å². The molecule has 0 amide bonds. The highest BCUT2D eigenvalue weighted by molar-refractivity contribution is 5.03. The second-order valence-corrected chi connectivity index (χ2v) is 0.947. The van der Waals surface area contributed by atoms with Gasteiger partial charge in [0.05, 0.1) is 0 Å². The average molecular weight is 86.1 g/mol. The lowest BCUT2D eigenvalue weighted by Gasteiger charge is -1.70. The second-order valence-electron chi connectivity index (χ2n) is 0.947. The van der Waals surface area contributed by atoms with Gasteiger partial charge in [0.15, 0.2) is 0 Å². The zero-order chi connectivity index (χ0) is 4.99. The molecule has 0 nitrogen and oxygen atoms in total. The van der Waals surface area contributed by atoms with E-state index in [1.165, 1.54) is 6.08 Å². The summed E-state index contributed by atoms with van der Waals surface area (Å²) in [6.07, 6.45) is 2.91. The molecule has 0 fully saturated rings. The molecule has 1 heteroatoms. The second kappa shape index (κ2) is 2.64. The van der Waals surface area contributed by atoms with Gasteiger partial charge in [0.2, 0.25) is 0 Å². The lowest BCUT2D eigenvalue weighted by Crippen LogP contribution is -1.51. The quantitative estimate of drug-likeness (QED) is 0.428. The maximum atomic E-state index is 11.4. The Bertz CT molecular complexity index is 72.0. The fraction of sp³-hybridized carbons (Fsp3) is 0.200. The molecule has 0 aliphatic heterocycles. The van der Waals surface area contributed by atoms with E-state index in [1.807, 2.05) is 0 Å². The Morgan fingerprint density at radius 1 is 1.83 bits per heavy atom. The highest BCUT2D eigenvalue weighted by Gasteiger charge is 1.69. The molecule has 0 unspecified atom stereocenters. The number of allylic oxidation sites excluding steroid dienone is 3. The fourth-order valence-electron chi connectivity index (χ4n) is 0.181. The first-order chi connectivity index (χ1) is 2.77. The van der Waals surface area contributed by atoms with Gasteiger partial charge in [0, 0.05) is 0 Å². The molecule has 0 aromatic heterocycles. The summed E-state index contributed by atoms with van der Waals surface area (Å²) in [6.45, 7) is 4.73. The van der Waals surface area contributed by atoms with Crippen molar-refractivity contribution >= 4 is 0 Å². The Balaban J connectivity index is 3.30. The van der Waals surface area contributed by atoms with Crippen molar-refractivity contribution in [1.82, 2.24) is 0 Å². The van der Waals surface area contributed by atoms with Crippen molar-refractivity contribution in [3.8, 4) is 0 Å². The van der Waals surface area contributed by atoms with Crippen LogP contribution in [0.2, 0.25) is 0 Å². The van der Waals surface area contributed by atoms with Crippen LogP contribution in [0.5, 0.6) is 0 Å². The van der Waals surface area contributed by atoms with E-state index in [2.05, 4.69) is 6.58 Å². The van der Waals surface area contributed by atoms with Crippen LogP contribution in [0.1, 0.15) is 6.92 Å². The van der Waals surface area contributed by atoms with E-state index in [-0.39, 0.29) is 0 Å². The van der Waals surface area contributed by atoms with Gasteiger partial charge in [-0.3, -0.25) is 0 Å². The van der Waals surface area contributed by atoms with E-state index >= 15 is 0 Å². The third-order valence-corrected chi connectivity index (χ3v) is 0.348.